The molecule has 21 heavy (non-hydrogen) atoms. The smallest absolute Gasteiger partial charge is 0.213 e. The first kappa shape index (κ1) is 15.6. The average Bonchev–Trinajstić information content (AvgIpc) is 2.79. The zero-order chi connectivity index (χ0) is 15.2. The van der Waals surface area contributed by atoms with Crippen molar-refractivity contribution in [3.05, 3.63) is 35.4 Å². The fourth-order valence-corrected chi connectivity index (χ4v) is 2.56. The van der Waals surface area contributed by atoms with E-state index in [1.807, 2.05) is 0 Å². The largest absolute Gasteiger partial charge is 0.493 e. The van der Waals surface area contributed by atoms with Crippen LogP contribution < -0.4 is 0 Å². The summed E-state index contributed by atoms with van der Waals surface area (Å²) in [5, 5.41) is 15.2. The number of hydrogen-bond donors (Lipinski definition) is 1. The Kier molecular flexibility index (Phi) is 5.43. The SMILES string of the molecule is CCCCc1c(-c2cccc(C)c2)nn(CCCC)c1O. The van der Waals surface area contributed by atoms with Crippen LogP contribution in [0.25, 0.3) is 11.3 Å². The number of unbranched alkanes of at least 4 members (excludes halogenated alkanes) is 2. The fourth-order valence-electron chi connectivity index (χ4n) is 2.56. The Hall–Kier alpha value is -1.77. The van der Waals surface area contributed by atoms with Gasteiger partial charge >= 0.3 is 0 Å². The van der Waals surface area contributed by atoms with Gasteiger partial charge in [0.05, 0.1) is 5.69 Å². The van der Waals surface area contributed by atoms with Crippen LogP contribution in [0.2, 0.25) is 0 Å². The van der Waals surface area contributed by atoms with E-state index in [0.717, 1.165) is 55.5 Å². The molecule has 0 saturated carbocycles. The molecule has 2 rings (SSSR count). The molecule has 1 aromatic heterocycles. The van der Waals surface area contributed by atoms with Gasteiger partial charge in [-0.15, -0.1) is 0 Å². The standard InChI is InChI=1S/C18H26N2O/c1-4-6-11-16-17(15-10-8-9-14(3)13-15)19-20(18(16)21)12-7-5-2/h8-10,13,21H,4-7,11-12H2,1-3H3. The summed E-state index contributed by atoms with van der Waals surface area (Å²) in [6.07, 6.45) is 5.22. The summed E-state index contributed by atoms with van der Waals surface area (Å²) in [6, 6.07) is 8.36. The Bertz CT molecular complexity index is 587. The highest BCUT2D eigenvalue weighted by Gasteiger charge is 2.18. The van der Waals surface area contributed by atoms with Gasteiger partial charge in [-0.2, -0.15) is 5.10 Å². The van der Waals surface area contributed by atoms with Crippen molar-refractivity contribution in [3.8, 4) is 17.1 Å². The maximum absolute atomic E-state index is 10.5. The number of nitrogens with zero attached hydrogens (tertiary/aromatic N) is 2. The van der Waals surface area contributed by atoms with E-state index >= 15 is 0 Å². The number of aromatic hydroxyl groups is 1. The molecular weight excluding hydrogens is 260 g/mol. The number of aromatic nitrogens is 2. The molecule has 0 saturated heterocycles. The molecule has 0 bridgehead atoms. The van der Waals surface area contributed by atoms with Crippen LogP contribution in [0.3, 0.4) is 0 Å². The van der Waals surface area contributed by atoms with Crippen LogP contribution in [-0.2, 0) is 13.0 Å². The molecule has 1 heterocycles. The third-order valence-corrected chi connectivity index (χ3v) is 3.82. The molecular formula is C18H26N2O. The highest BCUT2D eigenvalue weighted by molar-refractivity contribution is 5.66. The molecule has 3 nitrogen and oxygen atoms in total. The van der Waals surface area contributed by atoms with E-state index in [0.29, 0.717) is 5.88 Å². The zero-order valence-electron chi connectivity index (χ0n) is 13.4. The van der Waals surface area contributed by atoms with Crippen molar-refractivity contribution in [3.63, 3.8) is 0 Å². The first-order valence-corrected chi connectivity index (χ1v) is 8.03. The molecule has 0 radical (unpaired) electrons. The minimum Gasteiger partial charge on any atom is -0.493 e. The molecule has 3 heteroatoms. The zero-order valence-corrected chi connectivity index (χ0v) is 13.4. The molecule has 0 fully saturated rings. The van der Waals surface area contributed by atoms with Crippen LogP contribution in [0.1, 0.15) is 50.7 Å². The van der Waals surface area contributed by atoms with Crippen LogP contribution in [0, 0.1) is 6.92 Å². The molecule has 114 valence electrons. The van der Waals surface area contributed by atoms with Crippen molar-refractivity contribution in [2.45, 2.75) is 59.4 Å². The maximum Gasteiger partial charge on any atom is 0.213 e. The van der Waals surface area contributed by atoms with E-state index < -0.39 is 0 Å². The number of rotatable bonds is 7. The predicted molar refractivity (Wildman–Crippen MR) is 87.6 cm³/mol. The molecule has 1 aromatic carbocycles. The van der Waals surface area contributed by atoms with Gasteiger partial charge in [-0.05, 0) is 32.3 Å². The second-order valence-corrected chi connectivity index (χ2v) is 5.70. The van der Waals surface area contributed by atoms with Gasteiger partial charge < -0.3 is 5.11 Å². The monoisotopic (exact) mass is 286 g/mol. The number of aryl methyl sites for hydroxylation is 2. The summed E-state index contributed by atoms with van der Waals surface area (Å²) in [5.41, 5.74) is 4.27. The van der Waals surface area contributed by atoms with Crippen molar-refractivity contribution < 1.29 is 5.11 Å². The van der Waals surface area contributed by atoms with Gasteiger partial charge in [0.15, 0.2) is 0 Å². The topological polar surface area (TPSA) is 38.0 Å². The van der Waals surface area contributed by atoms with Crippen LogP contribution in [0.4, 0.5) is 0 Å². The van der Waals surface area contributed by atoms with Gasteiger partial charge in [-0.1, -0.05) is 50.5 Å². The van der Waals surface area contributed by atoms with Crippen molar-refractivity contribution in [1.82, 2.24) is 9.78 Å². The fraction of sp³-hybridized carbons (Fsp3) is 0.500. The van der Waals surface area contributed by atoms with E-state index in [-0.39, 0.29) is 0 Å². The van der Waals surface area contributed by atoms with Crippen molar-refractivity contribution in [1.29, 1.82) is 0 Å². The average molecular weight is 286 g/mol. The minimum absolute atomic E-state index is 0.355. The molecule has 0 atom stereocenters. The molecule has 0 unspecified atom stereocenters. The van der Waals surface area contributed by atoms with Gasteiger partial charge in [0.1, 0.15) is 0 Å². The highest BCUT2D eigenvalue weighted by atomic mass is 16.3. The van der Waals surface area contributed by atoms with Gasteiger partial charge in [0.25, 0.3) is 0 Å². The summed E-state index contributed by atoms with van der Waals surface area (Å²) in [6.45, 7) is 7.20. The molecule has 0 aliphatic carbocycles. The van der Waals surface area contributed by atoms with Crippen molar-refractivity contribution in [2.24, 2.45) is 0 Å². The normalized spacial score (nSPS) is 11.0. The molecule has 0 spiro atoms. The lowest BCUT2D eigenvalue weighted by Crippen LogP contribution is -1.99. The third-order valence-electron chi connectivity index (χ3n) is 3.82. The van der Waals surface area contributed by atoms with E-state index in [1.165, 1.54) is 5.56 Å². The number of benzene rings is 1. The Morgan fingerprint density at radius 2 is 1.90 bits per heavy atom. The lowest BCUT2D eigenvalue weighted by atomic mass is 10.0. The Morgan fingerprint density at radius 3 is 2.57 bits per heavy atom. The first-order valence-electron chi connectivity index (χ1n) is 8.03. The molecule has 0 aliphatic rings. The molecule has 2 aromatic rings. The summed E-state index contributed by atoms with van der Waals surface area (Å²) in [5.74, 6) is 0.355. The van der Waals surface area contributed by atoms with Crippen LogP contribution in [0.5, 0.6) is 5.88 Å². The summed E-state index contributed by atoms with van der Waals surface area (Å²) in [4.78, 5) is 0. The van der Waals surface area contributed by atoms with E-state index in [4.69, 9.17) is 0 Å². The Balaban J connectivity index is 2.41. The van der Waals surface area contributed by atoms with Crippen molar-refractivity contribution in [2.75, 3.05) is 0 Å². The second-order valence-electron chi connectivity index (χ2n) is 5.70. The maximum atomic E-state index is 10.5. The van der Waals surface area contributed by atoms with E-state index in [9.17, 15) is 5.11 Å². The minimum atomic E-state index is 0.355. The van der Waals surface area contributed by atoms with Crippen LogP contribution in [-0.4, -0.2) is 14.9 Å². The van der Waals surface area contributed by atoms with Gasteiger partial charge in [0.2, 0.25) is 5.88 Å². The van der Waals surface area contributed by atoms with Crippen LogP contribution in [0.15, 0.2) is 24.3 Å². The van der Waals surface area contributed by atoms with E-state index in [1.54, 1.807) is 4.68 Å². The second kappa shape index (κ2) is 7.30. The molecule has 0 aliphatic heterocycles. The lowest BCUT2D eigenvalue weighted by molar-refractivity contribution is 0.389. The van der Waals surface area contributed by atoms with Gasteiger partial charge in [-0.3, -0.25) is 0 Å². The Morgan fingerprint density at radius 1 is 1.14 bits per heavy atom. The summed E-state index contributed by atoms with van der Waals surface area (Å²) < 4.78 is 1.77. The van der Waals surface area contributed by atoms with Crippen LogP contribution >= 0.6 is 0 Å². The summed E-state index contributed by atoms with van der Waals surface area (Å²) in [7, 11) is 0. The van der Waals surface area contributed by atoms with Crippen molar-refractivity contribution >= 4 is 0 Å². The summed E-state index contributed by atoms with van der Waals surface area (Å²) >= 11 is 0. The quantitative estimate of drug-likeness (QED) is 0.800. The lowest BCUT2D eigenvalue weighted by Gasteiger charge is -2.03. The highest BCUT2D eigenvalue weighted by Crippen LogP contribution is 2.31. The first-order chi connectivity index (χ1) is 10.2. The predicted octanol–water partition coefficient (Wildman–Crippen LogP) is 4.71. The van der Waals surface area contributed by atoms with Gasteiger partial charge in [-0.25, -0.2) is 4.68 Å². The van der Waals surface area contributed by atoms with Gasteiger partial charge in [0, 0.05) is 17.7 Å². The molecule has 0 amide bonds. The van der Waals surface area contributed by atoms with E-state index in [2.05, 4.69) is 50.1 Å². The molecule has 1 N–H and O–H groups in total. The Labute approximate surface area is 127 Å². The third kappa shape index (κ3) is 3.66. The number of hydrogen-bond acceptors (Lipinski definition) is 2.